The Morgan fingerprint density at radius 1 is 0.455 bits per heavy atom. The van der Waals surface area contributed by atoms with E-state index >= 15 is 0 Å². The molecule has 2 nitrogen and oxygen atoms in total. The molecule has 44 heavy (non-hydrogen) atoms. The van der Waals surface area contributed by atoms with Crippen LogP contribution in [0.5, 0.6) is 0 Å². The highest BCUT2D eigenvalue weighted by atomic mass is 32.2. The lowest BCUT2D eigenvalue weighted by atomic mass is 9.77. The van der Waals surface area contributed by atoms with Gasteiger partial charge in [-0.05, 0) is 57.6 Å². The minimum Gasteiger partial charge on any atom is -0.228 e. The van der Waals surface area contributed by atoms with Crippen molar-refractivity contribution < 1.29 is 0 Å². The van der Waals surface area contributed by atoms with Crippen LogP contribution >= 0.6 is 11.8 Å². The van der Waals surface area contributed by atoms with Crippen molar-refractivity contribution in [1.29, 1.82) is 0 Å². The zero-order valence-corrected chi connectivity index (χ0v) is 25.5. The molecular weight excluding hydrogens is 553 g/mol. The molecule has 3 heteroatoms. The summed E-state index contributed by atoms with van der Waals surface area (Å²) in [6.07, 6.45) is 0. The fourth-order valence-electron chi connectivity index (χ4n) is 6.35. The van der Waals surface area contributed by atoms with Gasteiger partial charge in [-0.15, -0.1) is 0 Å². The van der Waals surface area contributed by atoms with Crippen molar-refractivity contribution in [3.05, 3.63) is 157 Å². The molecular formula is C41H30N2S. The lowest BCUT2D eigenvalue weighted by Crippen LogP contribution is -2.23. The smallest absolute Gasteiger partial charge is 0.160 e. The number of benzene rings is 6. The van der Waals surface area contributed by atoms with Gasteiger partial charge in [0.15, 0.2) is 5.82 Å². The van der Waals surface area contributed by atoms with Crippen LogP contribution in [0.1, 0.15) is 25.0 Å². The van der Waals surface area contributed by atoms with E-state index in [1.165, 1.54) is 37.6 Å². The fourth-order valence-corrected chi connectivity index (χ4v) is 7.79. The molecule has 0 amide bonds. The third-order valence-electron chi connectivity index (χ3n) is 8.76. The zero-order chi connectivity index (χ0) is 29.7. The van der Waals surface area contributed by atoms with Crippen LogP contribution in [0.3, 0.4) is 0 Å². The lowest BCUT2D eigenvalue weighted by molar-refractivity contribution is 0.607. The minimum absolute atomic E-state index is 0.0125. The average molecular weight is 583 g/mol. The van der Waals surface area contributed by atoms with E-state index in [1.807, 2.05) is 36.0 Å². The molecule has 0 saturated carbocycles. The summed E-state index contributed by atoms with van der Waals surface area (Å²) in [6.45, 7) is 4.67. The Bertz CT molecular complexity index is 2160. The molecule has 0 spiro atoms. The standard InChI is InChI=1S/C41H30N2S/c1-41(2)34-16-7-9-18-37(34)44-38-26-31(23-24-35(38)41)28-21-19-27(20-22-28)30-13-10-14-32(25-30)39-33-15-6-8-17-36(33)42-40(43-39)29-11-4-3-5-12-29/h3-26H,1-2H3. The number of nitrogens with zero attached hydrogens (tertiary/aromatic N) is 2. The first-order chi connectivity index (χ1) is 21.5. The quantitative estimate of drug-likeness (QED) is 0.206. The van der Waals surface area contributed by atoms with Crippen LogP contribution in [-0.4, -0.2) is 9.97 Å². The van der Waals surface area contributed by atoms with Gasteiger partial charge in [0.25, 0.3) is 0 Å². The zero-order valence-electron chi connectivity index (χ0n) is 24.7. The molecule has 0 saturated heterocycles. The monoisotopic (exact) mass is 582 g/mol. The number of aromatic nitrogens is 2. The molecule has 8 rings (SSSR count). The van der Waals surface area contributed by atoms with Crippen molar-refractivity contribution in [2.45, 2.75) is 29.1 Å². The molecule has 7 aromatic rings. The van der Waals surface area contributed by atoms with Crippen molar-refractivity contribution in [2.75, 3.05) is 0 Å². The van der Waals surface area contributed by atoms with Crippen molar-refractivity contribution in [3.8, 4) is 44.9 Å². The van der Waals surface area contributed by atoms with Crippen LogP contribution < -0.4 is 0 Å². The summed E-state index contributed by atoms with van der Waals surface area (Å²) in [4.78, 5) is 12.7. The molecule has 1 aromatic heterocycles. The fraction of sp³-hybridized carbons (Fsp3) is 0.0732. The molecule has 0 unspecified atom stereocenters. The molecule has 210 valence electrons. The Hall–Kier alpha value is -4.99. The SMILES string of the molecule is CC1(C)c2ccccc2Sc2cc(-c3ccc(-c4cccc(-c5nc(-c6ccccc6)nc6ccccc56)c4)cc3)ccc21. The van der Waals surface area contributed by atoms with Crippen LogP contribution in [0.25, 0.3) is 55.8 Å². The predicted molar refractivity (Wildman–Crippen MR) is 184 cm³/mol. The van der Waals surface area contributed by atoms with Gasteiger partial charge < -0.3 is 0 Å². The van der Waals surface area contributed by atoms with E-state index in [0.29, 0.717) is 0 Å². The summed E-state index contributed by atoms with van der Waals surface area (Å²) in [5.41, 5.74) is 11.6. The molecule has 0 N–H and O–H groups in total. The first-order valence-corrected chi connectivity index (χ1v) is 15.8. The Balaban J connectivity index is 1.13. The van der Waals surface area contributed by atoms with Gasteiger partial charge in [-0.2, -0.15) is 0 Å². The molecule has 0 bridgehead atoms. The normalized spacial score (nSPS) is 13.3. The Morgan fingerprint density at radius 3 is 1.89 bits per heavy atom. The summed E-state index contributed by atoms with van der Waals surface area (Å²) in [7, 11) is 0. The van der Waals surface area contributed by atoms with Gasteiger partial charge in [-0.25, -0.2) is 9.97 Å². The highest BCUT2D eigenvalue weighted by Crippen LogP contribution is 2.49. The molecule has 6 aromatic carbocycles. The van der Waals surface area contributed by atoms with Gasteiger partial charge in [0, 0.05) is 31.7 Å². The maximum absolute atomic E-state index is 5.08. The maximum atomic E-state index is 5.08. The summed E-state index contributed by atoms with van der Waals surface area (Å²) < 4.78 is 0. The molecule has 0 fully saturated rings. The number of para-hydroxylation sites is 1. The Morgan fingerprint density at radius 2 is 1.07 bits per heavy atom. The van der Waals surface area contributed by atoms with E-state index < -0.39 is 0 Å². The van der Waals surface area contributed by atoms with Crippen LogP contribution in [-0.2, 0) is 5.41 Å². The summed E-state index contributed by atoms with van der Waals surface area (Å²) in [5, 5.41) is 1.05. The maximum Gasteiger partial charge on any atom is 0.160 e. The van der Waals surface area contributed by atoms with Crippen molar-refractivity contribution in [1.82, 2.24) is 9.97 Å². The van der Waals surface area contributed by atoms with E-state index in [9.17, 15) is 0 Å². The van der Waals surface area contributed by atoms with E-state index in [0.717, 1.165) is 39.1 Å². The predicted octanol–water partition coefficient (Wildman–Crippen LogP) is 11.1. The second-order valence-corrected chi connectivity index (χ2v) is 13.0. The molecule has 0 atom stereocenters. The second kappa shape index (κ2) is 10.6. The first kappa shape index (κ1) is 26.6. The highest BCUT2D eigenvalue weighted by molar-refractivity contribution is 7.99. The van der Waals surface area contributed by atoms with Gasteiger partial charge in [0.2, 0.25) is 0 Å². The van der Waals surface area contributed by atoms with Gasteiger partial charge in [0.05, 0.1) is 11.2 Å². The summed E-state index contributed by atoms with van der Waals surface area (Å²) in [6, 6.07) is 51.8. The highest BCUT2D eigenvalue weighted by Gasteiger charge is 2.32. The number of rotatable bonds is 4. The van der Waals surface area contributed by atoms with Crippen molar-refractivity contribution in [3.63, 3.8) is 0 Å². The van der Waals surface area contributed by atoms with E-state index in [2.05, 4.69) is 135 Å². The van der Waals surface area contributed by atoms with Crippen molar-refractivity contribution >= 4 is 22.7 Å². The number of hydrogen-bond acceptors (Lipinski definition) is 3. The van der Waals surface area contributed by atoms with Crippen LogP contribution in [0.4, 0.5) is 0 Å². The van der Waals surface area contributed by atoms with E-state index in [4.69, 9.17) is 9.97 Å². The molecule has 1 aliphatic heterocycles. The lowest BCUT2D eigenvalue weighted by Gasteiger charge is -2.34. The molecule has 0 aliphatic carbocycles. The summed E-state index contributed by atoms with van der Waals surface area (Å²) in [5.74, 6) is 0.740. The summed E-state index contributed by atoms with van der Waals surface area (Å²) >= 11 is 1.88. The topological polar surface area (TPSA) is 25.8 Å². The Kier molecular flexibility index (Phi) is 6.43. The third kappa shape index (κ3) is 4.61. The van der Waals surface area contributed by atoms with Crippen molar-refractivity contribution in [2.24, 2.45) is 0 Å². The number of fused-ring (bicyclic) bond motifs is 3. The third-order valence-corrected chi connectivity index (χ3v) is 9.89. The van der Waals surface area contributed by atoms with Gasteiger partial charge in [0.1, 0.15) is 0 Å². The minimum atomic E-state index is -0.0125. The number of hydrogen-bond donors (Lipinski definition) is 0. The van der Waals surface area contributed by atoms with Gasteiger partial charge in [-0.3, -0.25) is 0 Å². The van der Waals surface area contributed by atoms with Gasteiger partial charge in [-0.1, -0.05) is 147 Å². The largest absolute Gasteiger partial charge is 0.228 e. The van der Waals surface area contributed by atoms with Crippen LogP contribution in [0.15, 0.2) is 155 Å². The molecule has 2 heterocycles. The van der Waals surface area contributed by atoms with Crippen LogP contribution in [0, 0.1) is 0 Å². The molecule has 1 aliphatic rings. The van der Waals surface area contributed by atoms with Crippen LogP contribution in [0.2, 0.25) is 0 Å². The van der Waals surface area contributed by atoms with E-state index in [-0.39, 0.29) is 5.41 Å². The van der Waals surface area contributed by atoms with Gasteiger partial charge >= 0.3 is 0 Å². The molecule has 0 radical (unpaired) electrons. The van der Waals surface area contributed by atoms with E-state index in [1.54, 1.807) is 0 Å². The first-order valence-electron chi connectivity index (χ1n) is 15.0. The second-order valence-electron chi connectivity index (χ2n) is 11.9. The average Bonchev–Trinajstić information content (AvgIpc) is 3.08. The Labute approximate surface area is 262 Å².